The second kappa shape index (κ2) is 13.8. The molecular weight excluding hydrogens is 641 g/mol. The molecule has 248 valence electrons. The van der Waals surface area contributed by atoms with E-state index in [1.54, 1.807) is 113 Å². The Balaban J connectivity index is 1.71. The summed E-state index contributed by atoms with van der Waals surface area (Å²) >= 11 is 5.31. The minimum atomic E-state index is -1.92. The highest BCUT2D eigenvalue weighted by Crippen LogP contribution is 2.60. The maximum atomic E-state index is 15.2. The van der Waals surface area contributed by atoms with Crippen LogP contribution in [0.4, 0.5) is 0 Å². The Hall–Kier alpha value is -5.74. The zero-order valence-corrected chi connectivity index (χ0v) is 28.1. The van der Waals surface area contributed by atoms with Crippen molar-refractivity contribution in [2.24, 2.45) is 5.41 Å². The Bertz CT molecular complexity index is 1830. The fraction of sp³-hybridized carbons (Fsp3) is 0.179. The van der Waals surface area contributed by atoms with Crippen LogP contribution in [0.3, 0.4) is 0 Å². The summed E-state index contributed by atoms with van der Waals surface area (Å²) in [6.07, 6.45) is 3.47. The second-order valence-electron chi connectivity index (χ2n) is 11.6. The third-order valence-electron chi connectivity index (χ3n) is 9.04. The quantitative estimate of drug-likeness (QED) is 0.136. The van der Waals surface area contributed by atoms with E-state index in [1.165, 1.54) is 0 Å². The molecule has 10 heteroatoms. The molecule has 2 atom stereocenters. The molecule has 49 heavy (non-hydrogen) atoms. The van der Waals surface area contributed by atoms with E-state index < -0.39 is 29.1 Å². The van der Waals surface area contributed by atoms with E-state index in [1.807, 2.05) is 24.3 Å². The summed E-state index contributed by atoms with van der Waals surface area (Å²) in [5.41, 5.74) is 1.06. The molecule has 0 radical (unpaired) electrons. The van der Waals surface area contributed by atoms with Gasteiger partial charge < -0.3 is 29.6 Å². The number of nitrogens with one attached hydrogen (secondary N) is 2. The zero-order chi connectivity index (χ0) is 34.7. The van der Waals surface area contributed by atoms with Gasteiger partial charge in [0.25, 0.3) is 0 Å². The van der Waals surface area contributed by atoms with E-state index in [-0.39, 0.29) is 22.0 Å². The molecule has 1 saturated heterocycles. The minimum Gasteiger partial charge on any atom is -0.497 e. The summed E-state index contributed by atoms with van der Waals surface area (Å²) in [7, 11) is 6.24. The van der Waals surface area contributed by atoms with Crippen molar-refractivity contribution in [3.05, 3.63) is 130 Å². The number of thiocarbonyl (C=S) groups is 1. The fourth-order valence-electron chi connectivity index (χ4n) is 6.69. The van der Waals surface area contributed by atoms with Crippen LogP contribution in [0.5, 0.6) is 23.0 Å². The van der Waals surface area contributed by atoms with E-state index in [9.17, 15) is 9.59 Å². The van der Waals surface area contributed by atoms with Gasteiger partial charge >= 0.3 is 0 Å². The van der Waals surface area contributed by atoms with Gasteiger partial charge in [0, 0.05) is 23.0 Å². The zero-order valence-electron chi connectivity index (χ0n) is 27.3. The van der Waals surface area contributed by atoms with Gasteiger partial charge in [0.2, 0.25) is 11.8 Å². The van der Waals surface area contributed by atoms with Gasteiger partial charge in [-0.1, -0.05) is 48.5 Å². The Morgan fingerprint density at radius 1 is 0.531 bits per heavy atom. The first-order chi connectivity index (χ1) is 23.7. The van der Waals surface area contributed by atoms with Gasteiger partial charge in [-0.05, 0) is 95.2 Å². The smallest absolute Gasteiger partial charge is 0.243 e. The average molecular weight is 675 g/mol. The summed E-state index contributed by atoms with van der Waals surface area (Å²) in [5, 5.41) is 5.37. The number of hydrogen-bond acceptors (Lipinski definition) is 8. The van der Waals surface area contributed by atoms with E-state index in [4.69, 9.17) is 31.2 Å². The lowest BCUT2D eigenvalue weighted by atomic mass is 9.51. The van der Waals surface area contributed by atoms with Crippen LogP contribution < -0.4 is 29.6 Å². The van der Waals surface area contributed by atoms with Crippen LogP contribution in [0.2, 0.25) is 0 Å². The standard InChI is InChI=1S/C39H34N2O7S/c1-45-27-13-5-23(6-14-27)21-31-33(25-9-17-29(47-3)18-10-25)39(36(43)40-38(49)41-37(39)44)34(26-11-19-30(48-4)20-12-26)32(35(31)42)22-24-7-15-28(46-2)16-8-24/h5-22,33-34H,1-4H3,(H2,40,41,43,44,49)/b31-21+,32-22+. The molecule has 2 N–H and O–H groups in total. The Morgan fingerprint density at radius 3 is 1.14 bits per heavy atom. The van der Waals surface area contributed by atoms with Crippen molar-refractivity contribution in [3.63, 3.8) is 0 Å². The number of carbonyl (C=O) groups is 3. The monoisotopic (exact) mass is 674 g/mol. The highest BCUT2D eigenvalue weighted by atomic mass is 32.1. The van der Waals surface area contributed by atoms with Gasteiger partial charge in [-0.15, -0.1) is 0 Å². The maximum absolute atomic E-state index is 15.2. The number of methoxy groups -OCH3 is 4. The number of amides is 2. The van der Waals surface area contributed by atoms with E-state index in [2.05, 4.69) is 10.6 Å². The molecule has 4 aromatic carbocycles. The third kappa shape index (κ3) is 6.07. The molecule has 2 amide bonds. The molecule has 4 aromatic rings. The normalized spacial score (nSPS) is 20.2. The van der Waals surface area contributed by atoms with E-state index in [0.717, 1.165) is 0 Å². The first-order valence-electron chi connectivity index (χ1n) is 15.4. The number of carbonyl (C=O) groups excluding carboxylic acids is 3. The molecular formula is C39H34N2O7S. The maximum Gasteiger partial charge on any atom is 0.243 e. The summed E-state index contributed by atoms with van der Waals surface area (Å²) < 4.78 is 21.6. The molecule has 1 aliphatic carbocycles. The van der Waals surface area contributed by atoms with E-state index >= 15 is 4.79 Å². The largest absolute Gasteiger partial charge is 0.497 e. The first kappa shape index (κ1) is 33.2. The summed E-state index contributed by atoms with van der Waals surface area (Å²) in [6.45, 7) is 0. The van der Waals surface area contributed by atoms with Gasteiger partial charge in [0.1, 0.15) is 23.0 Å². The molecule has 1 aliphatic heterocycles. The number of benzene rings is 4. The second-order valence-corrected chi connectivity index (χ2v) is 12.0. The van der Waals surface area contributed by atoms with Crippen molar-refractivity contribution in [1.29, 1.82) is 0 Å². The van der Waals surface area contributed by atoms with Crippen LogP contribution in [0.25, 0.3) is 12.2 Å². The molecule has 9 nitrogen and oxygen atoms in total. The number of ketones is 1. The van der Waals surface area contributed by atoms with Crippen molar-refractivity contribution in [2.45, 2.75) is 11.8 Å². The average Bonchev–Trinajstić information content (AvgIpc) is 3.13. The first-order valence-corrected chi connectivity index (χ1v) is 15.8. The highest BCUT2D eigenvalue weighted by molar-refractivity contribution is 7.80. The SMILES string of the molecule is COc1ccc(/C=C2/C(=O)/C(=C/c3ccc(OC)cc3)C(c3ccc(OC)cc3)C3(C(=O)NC(=S)NC3=O)C2c2ccc(OC)cc2)cc1. The molecule has 1 heterocycles. The molecule has 0 bridgehead atoms. The number of rotatable bonds is 8. The van der Waals surface area contributed by atoms with Gasteiger partial charge in [-0.25, -0.2) is 0 Å². The molecule has 2 unspecified atom stereocenters. The highest BCUT2D eigenvalue weighted by Gasteiger charge is 2.66. The van der Waals surface area contributed by atoms with Crippen LogP contribution in [0, 0.1) is 5.41 Å². The summed E-state index contributed by atoms with van der Waals surface area (Å²) in [6, 6.07) is 28.5. The van der Waals surface area contributed by atoms with Crippen LogP contribution in [0.15, 0.2) is 108 Å². The van der Waals surface area contributed by atoms with Crippen LogP contribution in [0.1, 0.15) is 34.1 Å². The van der Waals surface area contributed by atoms with Crippen molar-refractivity contribution in [3.8, 4) is 23.0 Å². The molecule has 1 spiro atoms. The topological polar surface area (TPSA) is 112 Å². The van der Waals surface area contributed by atoms with Crippen LogP contribution in [-0.4, -0.2) is 51.1 Å². The molecule has 2 aliphatic rings. The van der Waals surface area contributed by atoms with Crippen molar-refractivity contribution >= 4 is 47.1 Å². The number of allylic oxidation sites excluding steroid dienone is 2. The number of ether oxygens (including phenoxy) is 4. The summed E-state index contributed by atoms with van der Waals surface area (Å²) in [4.78, 5) is 44.7. The van der Waals surface area contributed by atoms with E-state index in [0.29, 0.717) is 45.3 Å². The van der Waals surface area contributed by atoms with Crippen LogP contribution in [-0.2, 0) is 14.4 Å². The number of hydrogen-bond donors (Lipinski definition) is 2. The number of Topliss-reactive ketones (excluding diaryl/α,β-unsaturated/α-hetero) is 1. The lowest BCUT2D eigenvalue weighted by Gasteiger charge is -2.50. The Kier molecular flexibility index (Phi) is 9.33. The predicted octanol–water partition coefficient (Wildman–Crippen LogP) is 5.86. The van der Waals surface area contributed by atoms with Crippen molar-refractivity contribution < 1.29 is 33.3 Å². The van der Waals surface area contributed by atoms with Crippen molar-refractivity contribution in [2.75, 3.05) is 28.4 Å². The lowest BCUT2D eigenvalue weighted by Crippen LogP contribution is -2.68. The lowest BCUT2D eigenvalue weighted by molar-refractivity contribution is -0.147. The Labute approximate surface area is 289 Å². The fourth-order valence-corrected chi connectivity index (χ4v) is 6.88. The van der Waals surface area contributed by atoms with Gasteiger partial charge in [0.15, 0.2) is 16.3 Å². The molecule has 6 rings (SSSR count). The molecule has 2 fully saturated rings. The van der Waals surface area contributed by atoms with Gasteiger partial charge in [-0.3, -0.25) is 14.4 Å². The van der Waals surface area contributed by atoms with Crippen LogP contribution >= 0.6 is 12.2 Å². The third-order valence-corrected chi connectivity index (χ3v) is 9.24. The van der Waals surface area contributed by atoms with Gasteiger partial charge in [-0.2, -0.15) is 0 Å². The predicted molar refractivity (Wildman–Crippen MR) is 190 cm³/mol. The van der Waals surface area contributed by atoms with Gasteiger partial charge in [0.05, 0.1) is 28.4 Å². The molecule has 0 aromatic heterocycles. The molecule has 1 saturated carbocycles. The minimum absolute atomic E-state index is 0.110. The Morgan fingerprint density at radius 2 is 0.837 bits per heavy atom. The summed E-state index contributed by atoms with van der Waals surface area (Å²) in [5.74, 6) is -1.27. The van der Waals surface area contributed by atoms with Crippen molar-refractivity contribution in [1.82, 2.24) is 10.6 Å².